The van der Waals surface area contributed by atoms with Crippen LogP contribution in [0.4, 0.5) is 0 Å². The summed E-state index contributed by atoms with van der Waals surface area (Å²) in [6, 6.07) is 20.4. The summed E-state index contributed by atoms with van der Waals surface area (Å²) in [5.74, 6) is 0.799. The number of benzene rings is 2. The molecule has 1 fully saturated rings. The average Bonchev–Trinajstić information content (AvgIpc) is 2.65. The second kappa shape index (κ2) is 8.10. The van der Waals surface area contributed by atoms with Gasteiger partial charge in [-0.1, -0.05) is 49.4 Å². The van der Waals surface area contributed by atoms with Crippen molar-refractivity contribution in [3.8, 4) is 6.07 Å². The molecule has 2 aromatic rings. The quantitative estimate of drug-likeness (QED) is 0.825. The second-order valence-corrected chi connectivity index (χ2v) is 6.52. The van der Waals surface area contributed by atoms with E-state index in [4.69, 9.17) is 14.7 Å². The lowest BCUT2D eigenvalue weighted by Crippen LogP contribution is -2.33. The molecule has 0 saturated carbocycles. The topological polar surface area (TPSA) is 42.2 Å². The van der Waals surface area contributed by atoms with Gasteiger partial charge in [0, 0.05) is 12.3 Å². The molecular weight excluding hydrogens is 298 g/mol. The van der Waals surface area contributed by atoms with Gasteiger partial charge in [0.2, 0.25) is 0 Å². The standard InChI is InChI=1S/C21H23NO2/c1-16(20-5-3-2-4-6-20)11-21-23-14-19(15-24-21)12-17-7-9-18(13-22)10-8-17/h2-10,16,19,21H,11-12,14-15H2,1H3. The van der Waals surface area contributed by atoms with Crippen LogP contribution in [0, 0.1) is 17.2 Å². The van der Waals surface area contributed by atoms with Crippen LogP contribution < -0.4 is 0 Å². The van der Waals surface area contributed by atoms with E-state index < -0.39 is 0 Å². The van der Waals surface area contributed by atoms with Gasteiger partial charge in [-0.15, -0.1) is 0 Å². The number of ether oxygens (including phenoxy) is 2. The van der Waals surface area contributed by atoms with Crippen molar-refractivity contribution < 1.29 is 9.47 Å². The maximum absolute atomic E-state index is 8.84. The van der Waals surface area contributed by atoms with Crippen molar-refractivity contribution in [1.29, 1.82) is 5.26 Å². The highest BCUT2D eigenvalue weighted by Crippen LogP contribution is 2.25. The van der Waals surface area contributed by atoms with Gasteiger partial charge in [0.25, 0.3) is 0 Å². The molecule has 1 aliphatic rings. The van der Waals surface area contributed by atoms with Crippen molar-refractivity contribution in [3.05, 3.63) is 71.3 Å². The van der Waals surface area contributed by atoms with Crippen LogP contribution in [0.5, 0.6) is 0 Å². The third-order valence-electron chi connectivity index (χ3n) is 4.56. The first-order chi connectivity index (χ1) is 11.7. The number of hydrogen-bond acceptors (Lipinski definition) is 3. The molecular formula is C21H23NO2. The fraction of sp³-hybridized carbons (Fsp3) is 0.381. The van der Waals surface area contributed by atoms with Gasteiger partial charge < -0.3 is 9.47 Å². The summed E-state index contributed by atoms with van der Waals surface area (Å²) < 4.78 is 11.9. The number of nitrogens with zero attached hydrogens (tertiary/aromatic N) is 1. The van der Waals surface area contributed by atoms with Crippen LogP contribution >= 0.6 is 0 Å². The molecule has 3 heteroatoms. The molecule has 1 aliphatic heterocycles. The number of rotatable bonds is 5. The molecule has 124 valence electrons. The third-order valence-corrected chi connectivity index (χ3v) is 4.56. The van der Waals surface area contributed by atoms with Crippen LogP contribution in [-0.2, 0) is 15.9 Å². The summed E-state index contributed by atoms with van der Waals surface area (Å²) in [5, 5.41) is 8.84. The molecule has 3 nitrogen and oxygen atoms in total. The van der Waals surface area contributed by atoms with Gasteiger partial charge in [-0.05, 0) is 35.6 Å². The highest BCUT2D eigenvalue weighted by atomic mass is 16.7. The average molecular weight is 321 g/mol. The highest BCUT2D eigenvalue weighted by molar-refractivity contribution is 5.31. The summed E-state index contributed by atoms with van der Waals surface area (Å²) in [6.45, 7) is 3.67. The zero-order chi connectivity index (χ0) is 16.8. The van der Waals surface area contributed by atoms with Gasteiger partial charge in [-0.25, -0.2) is 0 Å². The highest BCUT2D eigenvalue weighted by Gasteiger charge is 2.24. The Morgan fingerprint density at radius 3 is 2.33 bits per heavy atom. The first-order valence-corrected chi connectivity index (χ1v) is 8.52. The summed E-state index contributed by atoms with van der Waals surface area (Å²) in [5.41, 5.74) is 3.25. The zero-order valence-corrected chi connectivity index (χ0v) is 14.0. The van der Waals surface area contributed by atoms with E-state index in [0.717, 1.165) is 26.1 Å². The van der Waals surface area contributed by atoms with Crippen LogP contribution in [0.3, 0.4) is 0 Å². The molecule has 0 amide bonds. The van der Waals surface area contributed by atoms with Crippen molar-refractivity contribution in [2.24, 2.45) is 5.92 Å². The van der Waals surface area contributed by atoms with Gasteiger partial charge in [-0.2, -0.15) is 5.26 Å². The Hall–Kier alpha value is -2.15. The largest absolute Gasteiger partial charge is 0.352 e. The molecule has 0 aromatic heterocycles. The smallest absolute Gasteiger partial charge is 0.158 e. The Kier molecular flexibility index (Phi) is 5.63. The summed E-state index contributed by atoms with van der Waals surface area (Å²) in [6.07, 6.45) is 1.69. The monoisotopic (exact) mass is 321 g/mol. The first-order valence-electron chi connectivity index (χ1n) is 8.52. The molecule has 1 saturated heterocycles. The minimum Gasteiger partial charge on any atom is -0.352 e. The van der Waals surface area contributed by atoms with Crippen LogP contribution in [0.2, 0.25) is 0 Å². The van der Waals surface area contributed by atoms with Crippen molar-refractivity contribution in [2.75, 3.05) is 13.2 Å². The summed E-state index contributed by atoms with van der Waals surface area (Å²) in [4.78, 5) is 0. The maximum atomic E-state index is 8.84. The van der Waals surface area contributed by atoms with Crippen molar-refractivity contribution >= 4 is 0 Å². The summed E-state index contributed by atoms with van der Waals surface area (Å²) in [7, 11) is 0. The molecule has 1 atom stereocenters. The van der Waals surface area contributed by atoms with Gasteiger partial charge in [0.15, 0.2) is 6.29 Å². The predicted molar refractivity (Wildman–Crippen MR) is 93.5 cm³/mol. The molecule has 2 aromatic carbocycles. The second-order valence-electron chi connectivity index (χ2n) is 6.52. The summed E-state index contributed by atoms with van der Waals surface area (Å²) >= 11 is 0. The van der Waals surface area contributed by atoms with E-state index in [2.05, 4.69) is 37.3 Å². The lowest BCUT2D eigenvalue weighted by Gasteiger charge is -2.31. The molecule has 1 unspecified atom stereocenters. The molecule has 24 heavy (non-hydrogen) atoms. The molecule has 0 N–H and O–H groups in total. The van der Waals surface area contributed by atoms with E-state index in [1.807, 2.05) is 30.3 Å². The van der Waals surface area contributed by atoms with E-state index in [9.17, 15) is 0 Å². The number of nitriles is 1. The normalized spacial score (nSPS) is 21.8. The minimum atomic E-state index is -0.113. The van der Waals surface area contributed by atoms with Gasteiger partial charge in [0.1, 0.15) is 0 Å². The first kappa shape index (κ1) is 16.7. The molecule has 1 heterocycles. The molecule has 0 bridgehead atoms. The van der Waals surface area contributed by atoms with Crippen LogP contribution in [0.25, 0.3) is 0 Å². The van der Waals surface area contributed by atoms with E-state index in [1.165, 1.54) is 11.1 Å². The van der Waals surface area contributed by atoms with Crippen molar-refractivity contribution in [1.82, 2.24) is 0 Å². The maximum Gasteiger partial charge on any atom is 0.158 e. The SMILES string of the molecule is CC(CC1OCC(Cc2ccc(C#N)cc2)CO1)c1ccccc1. The Balaban J connectivity index is 1.46. The van der Waals surface area contributed by atoms with E-state index >= 15 is 0 Å². The van der Waals surface area contributed by atoms with Crippen LogP contribution in [0.1, 0.15) is 36.0 Å². The number of hydrogen-bond donors (Lipinski definition) is 0. The lowest BCUT2D eigenvalue weighted by molar-refractivity contribution is -0.204. The van der Waals surface area contributed by atoms with E-state index in [1.54, 1.807) is 0 Å². The van der Waals surface area contributed by atoms with E-state index in [0.29, 0.717) is 17.4 Å². The lowest BCUT2D eigenvalue weighted by atomic mass is 9.96. The fourth-order valence-corrected chi connectivity index (χ4v) is 3.09. The van der Waals surface area contributed by atoms with Gasteiger partial charge in [0.05, 0.1) is 24.8 Å². The Morgan fingerprint density at radius 2 is 1.71 bits per heavy atom. The third kappa shape index (κ3) is 4.44. The predicted octanol–water partition coefficient (Wildman–Crippen LogP) is 4.28. The zero-order valence-electron chi connectivity index (χ0n) is 14.0. The van der Waals surface area contributed by atoms with Gasteiger partial charge in [-0.3, -0.25) is 0 Å². The molecule has 0 spiro atoms. The molecule has 0 radical (unpaired) electrons. The minimum absolute atomic E-state index is 0.113. The Bertz CT molecular complexity index is 667. The molecule has 0 aliphatic carbocycles. The molecule has 3 rings (SSSR count). The van der Waals surface area contributed by atoms with Crippen LogP contribution in [-0.4, -0.2) is 19.5 Å². The Labute approximate surface area is 143 Å². The van der Waals surface area contributed by atoms with Crippen molar-refractivity contribution in [3.63, 3.8) is 0 Å². The van der Waals surface area contributed by atoms with E-state index in [-0.39, 0.29) is 6.29 Å². The van der Waals surface area contributed by atoms with Crippen molar-refractivity contribution in [2.45, 2.75) is 32.0 Å². The fourth-order valence-electron chi connectivity index (χ4n) is 3.09. The Morgan fingerprint density at radius 1 is 1.04 bits per heavy atom. The van der Waals surface area contributed by atoms with Gasteiger partial charge >= 0.3 is 0 Å². The van der Waals surface area contributed by atoms with Crippen LogP contribution in [0.15, 0.2) is 54.6 Å².